The van der Waals surface area contributed by atoms with Gasteiger partial charge in [-0.25, -0.2) is 29.9 Å². The van der Waals surface area contributed by atoms with Crippen LogP contribution < -0.4 is 5.73 Å². The Hall–Kier alpha value is -6.04. The lowest BCUT2D eigenvalue weighted by Crippen LogP contribution is -2.27. The molecule has 2 aliphatic rings. The third kappa shape index (κ3) is 8.60. The van der Waals surface area contributed by atoms with E-state index in [0.717, 1.165) is 50.9 Å². The van der Waals surface area contributed by atoms with E-state index >= 15 is 0 Å². The molecule has 3 N–H and O–H groups in total. The van der Waals surface area contributed by atoms with Crippen LogP contribution in [0.5, 0.6) is 0 Å². The Morgan fingerprint density at radius 2 is 1.22 bits per heavy atom. The van der Waals surface area contributed by atoms with Crippen LogP contribution in [-0.4, -0.2) is 68.7 Å². The van der Waals surface area contributed by atoms with Crippen molar-refractivity contribution in [3.8, 4) is 21.1 Å². The van der Waals surface area contributed by atoms with Gasteiger partial charge in [0.15, 0.2) is 0 Å². The Morgan fingerprint density at radius 1 is 0.741 bits per heavy atom. The average molecular weight is 765 g/mol. The molecule has 2 aliphatic heterocycles. The fourth-order valence-corrected chi connectivity index (χ4v) is 7.33. The number of pyridine rings is 2. The number of aromatic nitrogens is 6. The van der Waals surface area contributed by atoms with Gasteiger partial charge in [-0.3, -0.25) is 19.7 Å². The number of carbonyl (C=O) groups excluding carboxylic acids is 2. The van der Waals surface area contributed by atoms with Gasteiger partial charge in [0.05, 0.1) is 74.8 Å². The molecule has 276 valence electrons. The van der Waals surface area contributed by atoms with Crippen LogP contribution >= 0.6 is 22.7 Å². The molecule has 6 aromatic heterocycles. The third-order valence-corrected chi connectivity index (χ3v) is 10.4. The minimum Gasteiger partial charge on any atom is -0.400 e. The quantitative estimate of drug-likeness (QED) is 0.161. The van der Waals surface area contributed by atoms with Gasteiger partial charge in [-0.15, -0.1) is 22.7 Å². The summed E-state index contributed by atoms with van der Waals surface area (Å²) >= 11 is 3.11. The second-order valence-electron chi connectivity index (χ2n) is 12.2. The first-order chi connectivity index (χ1) is 26.1. The zero-order valence-electron chi connectivity index (χ0n) is 29.7. The van der Waals surface area contributed by atoms with Crippen molar-refractivity contribution >= 4 is 45.9 Å². The lowest BCUT2D eigenvalue weighted by Gasteiger charge is -2.15. The number of hydrogen-bond acceptors (Lipinski definition) is 14. The summed E-state index contributed by atoms with van der Waals surface area (Å²) in [5, 5.41) is 22.3. The van der Waals surface area contributed by atoms with Crippen molar-refractivity contribution in [2.24, 2.45) is 0 Å². The highest BCUT2D eigenvalue weighted by Gasteiger charge is 2.28. The highest BCUT2D eigenvalue weighted by molar-refractivity contribution is 7.13. The first-order valence-electron chi connectivity index (χ1n) is 16.7. The zero-order chi connectivity index (χ0) is 38.4. The van der Waals surface area contributed by atoms with Crippen LogP contribution in [0.25, 0.3) is 21.1 Å². The highest BCUT2D eigenvalue weighted by atomic mass is 32.1. The van der Waals surface area contributed by atoms with Crippen LogP contribution in [0.4, 0.5) is 11.4 Å². The summed E-state index contributed by atoms with van der Waals surface area (Å²) in [4.78, 5) is 67.8. The number of nitrogen functional groups attached to an aromatic ring is 1. The van der Waals surface area contributed by atoms with Gasteiger partial charge in [-0.2, -0.15) is 0 Å². The van der Waals surface area contributed by atoms with Gasteiger partial charge in [0, 0.05) is 49.8 Å². The first-order valence-corrected chi connectivity index (χ1v) is 18.5. The van der Waals surface area contributed by atoms with E-state index in [9.17, 15) is 19.7 Å². The molecule has 0 fully saturated rings. The summed E-state index contributed by atoms with van der Waals surface area (Å²) in [7, 11) is 1.00. The Labute approximate surface area is 318 Å². The van der Waals surface area contributed by atoms with E-state index in [-0.39, 0.29) is 36.0 Å². The topological polar surface area (TPSA) is 207 Å². The van der Waals surface area contributed by atoms with Gasteiger partial charge < -0.3 is 20.6 Å². The van der Waals surface area contributed by atoms with E-state index in [4.69, 9.17) is 10.8 Å². The molecular formula is C37H36N10O5S2. The van der Waals surface area contributed by atoms with Gasteiger partial charge in [-0.1, -0.05) is 12.1 Å². The van der Waals surface area contributed by atoms with Gasteiger partial charge >= 0.3 is 0 Å². The molecule has 0 atom stereocenters. The summed E-state index contributed by atoms with van der Waals surface area (Å²) < 4.78 is 0. The molecule has 0 radical (unpaired) electrons. The van der Waals surface area contributed by atoms with E-state index < -0.39 is 4.92 Å². The number of aliphatic hydroxyl groups excluding tert-OH is 1. The van der Waals surface area contributed by atoms with Crippen LogP contribution in [0.1, 0.15) is 45.6 Å². The lowest BCUT2D eigenvalue weighted by molar-refractivity contribution is -0.385. The Morgan fingerprint density at radius 3 is 1.70 bits per heavy atom. The third-order valence-electron chi connectivity index (χ3n) is 8.60. The number of fused-ring (bicyclic) bond motifs is 2. The average Bonchev–Trinajstić information content (AvgIpc) is 4.01. The predicted molar refractivity (Wildman–Crippen MR) is 204 cm³/mol. The molecule has 0 saturated carbocycles. The molecule has 54 heavy (non-hydrogen) atoms. The fraction of sp³-hybridized carbons (Fsp3) is 0.243. The second kappa shape index (κ2) is 16.7. The van der Waals surface area contributed by atoms with E-state index in [1.165, 1.54) is 17.4 Å². The normalized spacial score (nSPS) is 12.6. The molecule has 0 aliphatic carbocycles. The van der Waals surface area contributed by atoms with Crippen molar-refractivity contribution in [2.75, 3.05) is 12.8 Å². The monoisotopic (exact) mass is 764 g/mol. The number of aliphatic hydroxyl groups is 1. The van der Waals surface area contributed by atoms with E-state index in [2.05, 4.69) is 29.9 Å². The van der Waals surface area contributed by atoms with Crippen molar-refractivity contribution in [2.45, 2.75) is 52.9 Å². The number of amides is 2. The molecule has 0 bridgehead atoms. The molecule has 6 aromatic rings. The minimum atomic E-state index is -0.499. The molecule has 2 amide bonds. The number of hydrogen-bond donors (Lipinski definition) is 2. The zero-order valence-corrected chi connectivity index (χ0v) is 31.3. The molecular weight excluding hydrogens is 729 g/mol. The van der Waals surface area contributed by atoms with Crippen LogP contribution in [0.2, 0.25) is 0 Å². The number of nitrogens with two attached hydrogens (primary N) is 1. The molecule has 15 nitrogen and oxygen atoms in total. The van der Waals surface area contributed by atoms with Crippen LogP contribution in [0, 0.1) is 24.0 Å². The summed E-state index contributed by atoms with van der Waals surface area (Å²) in [6.07, 6.45) is 3.58. The minimum absolute atomic E-state index is 0.00168. The maximum absolute atomic E-state index is 12.8. The van der Waals surface area contributed by atoms with Gasteiger partial charge in [0.2, 0.25) is 11.8 Å². The van der Waals surface area contributed by atoms with Crippen molar-refractivity contribution < 1.29 is 19.6 Å². The summed E-state index contributed by atoms with van der Waals surface area (Å²) in [6.45, 7) is 5.50. The summed E-state index contributed by atoms with van der Waals surface area (Å²) in [5.41, 5.74) is 12.4. The first kappa shape index (κ1) is 37.7. The standard InChI is InChI=1S/C18H15N5O3S.C18H17N5OS.CH4O/c1-11-19-8-12-9-22(10-15(12)20-11)18(24)7-14-16(23(25)26)5-4-13(21-14)17-3-2-6-27-17;1-11-20-8-12-9-23(10-16(12)21-11)18(24)7-15-13(19)4-5-14(22-15)17-3-2-6-25-17;1-2/h2-6,8H,7,9-10H2,1H3;2-6,8H,7,9-10,19H2,1H3;2H,1H3. The van der Waals surface area contributed by atoms with Crippen molar-refractivity contribution in [1.29, 1.82) is 0 Å². The molecule has 0 unspecified atom stereocenters. The second-order valence-corrected chi connectivity index (χ2v) is 14.1. The Bertz CT molecular complexity index is 2300. The summed E-state index contributed by atoms with van der Waals surface area (Å²) in [5.74, 6) is 1.16. The number of anilines is 1. The van der Waals surface area contributed by atoms with Gasteiger partial charge in [-0.05, 0) is 54.9 Å². The van der Waals surface area contributed by atoms with Crippen LogP contribution in [-0.2, 0) is 48.6 Å². The van der Waals surface area contributed by atoms with Crippen molar-refractivity contribution in [1.82, 2.24) is 39.7 Å². The molecule has 8 rings (SSSR count). The maximum Gasteiger partial charge on any atom is 0.291 e. The van der Waals surface area contributed by atoms with Crippen LogP contribution in [0.15, 0.2) is 71.7 Å². The predicted octanol–water partition coefficient (Wildman–Crippen LogP) is 5.09. The van der Waals surface area contributed by atoms with E-state index in [0.29, 0.717) is 49.1 Å². The highest BCUT2D eigenvalue weighted by Crippen LogP contribution is 2.29. The Balaban J connectivity index is 0.000000177. The van der Waals surface area contributed by atoms with Crippen LogP contribution in [0.3, 0.4) is 0 Å². The fourth-order valence-electron chi connectivity index (χ4n) is 5.94. The maximum atomic E-state index is 12.8. The lowest BCUT2D eigenvalue weighted by atomic mass is 10.2. The number of aryl methyl sites for hydroxylation is 2. The van der Waals surface area contributed by atoms with Crippen molar-refractivity contribution in [3.05, 3.63) is 127 Å². The number of nitrogens with zero attached hydrogens (tertiary/aromatic N) is 9. The number of thiophene rings is 2. The SMILES string of the molecule is CO.Cc1ncc2c(n1)CN(C(=O)Cc1nc(-c3cccs3)ccc1N)C2.Cc1ncc2c(n1)CN(C(=O)Cc1nc(-c3cccs3)ccc1[N+](=O)[O-])C2. The molecule has 0 aromatic carbocycles. The number of nitro groups is 1. The van der Waals surface area contributed by atoms with Gasteiger partial charge in [0.25, 0.3) is 5.69 Å². The molecule has 17 heteroatoms. The summed E-state index contributed by atoms with van der Waals surface area (Å²) in [6, 6.07) is 14.5. The molecule has 0 spiro atoms. The Kier molecular flexibility index (Phi) is 11.7. The van der Waals surface area contributed by atoms with E-state index in [1.54, 1.807) is 46.5 Å². The number of carbonyl (C=O) groups is 2. The largest absolute Gasteiger partial charge is 0.400 e. The van der Waals surface area contributed by atoms with Crippen molar-refractivity contribution in [3.63, 3.8) is 0 Å². The molecule has 8 heterocycles. The number of rotatable bonds is 7. The van der Waals surface area contributed by atoms with E-state index in [1.807, 2.05) is 54.1 Å². The van der Waals surface area contributed by atoms with Gasteiger partial charge in [0.1, 0.15) is 17.3 Å². The smallest absolute Gasteiger partial charge is 0.291 e. The molecule has 0 saturated heterocycles.